The molecular weight excluding hydrogens is 480 g/mol. The Morgan fingerprint density at radius 2 is 0.914 bits per heavy atom. The SMILES string of the molecule is Cc1ccc(S(=O)(=O)N2CCC(CCCC3CCN(S(=O)(=O)c4ccc(C)cc4)CC3)CC2)cc1. The summed E-state index contributed by atoms with van der Waals surface area (Å²) in [5, 5.41) is 0. The van der Waals surface area contributed by atoms with Crippen molar-refractivity contribution in [1.82, 2.24) is 8.61 Å². The number of hydrogen-bond acceptors (Lipinski definition) is 4. The lowest BCUT2D eigenvalue weighted by Crippen LogP contribution is -2.39. The van der Waals surface area contributed by atoms with Crippen molar-refractivity contribution in [3.05, 3.63) is 59.7 Å². The maximum absolute atomic E-state index is 12.9. The van der Waals surface area contributed by atoms with Crippen molar-refractivity contribution in [1.29, 1.82) is 0 Å². The summed E-state index contributed by atoms with van der Waals surface area (Å²) in [5.41, 5.74) is 2.11. The quantitative estimate of drug-likeness (QED) is 0.494. The van der Waals surface area contributed by atoms with Gasteiger partial charge in [-0.25, -0.2) is 16.8 Å². The van der Waals surface area contributed by atoms with E-state index >= 15 is 0 Å². The monoisotopic (exact) mass is 518 g/mol. The van der Waals surface area contributed by atoms with Crippen LogP contribution in [0, 0.1) is 25.7 Å². The fraction of sp³-hybridized carbons (Fsp3) is 0.556. The Hall–Kier alpha value is -1.74. The molecule has 2 aromatic carbocycles. The highest BCUT2D eigenvalue weighted by atomic mass is 32.2. The van der Waals surface area contributed by atoms with Crippen LogP contribution in [0.4, 0.5) is 0 Å². The Morgan fingerprint density at radius 1 is 0.600 bits per heavy atom. The molecule has 0 N–H and O–H groups in total. The zero-order valence-electron chi connectivity index (χ0n) is 20.9. The van der Waals surface area contributed by atoms with Crippen molar-refractivity contribution in [3.63, 3.8) is 0 Å². The molecule has 35 heavy (non-hydrogen) atoms. The van der Waals surface area contributed by atoms with Crippen LogP contribution in [0.5, 0.6) is 0 Å². The molecule has 2 aliphatic rings. The van der Waals surface area contributed by atoms with Gasteiger partial charge in [-0.3, -0.25) is 0 Å². The van der Waals surface area contributed by atoms with Gasteiger partial charge in [0.1, 0.15) is 0 Å². The predicted octanol–water partition coefficient (Wildman–Crippen LogP) is 4.98. The second-order valence-electron chi connectivity index (χ2n) is 10.3. The van der Waals surface area contributed by atoms with Crippen molar-refractivity contribution in [2.45, 2.75) is 68.6 Å². The van der Waals surface area contributed by atoms with Crippen molar-refractivity contribution in [3.8, 4) is 0 Å². The summed E-state index contributed by atoms with van der Waals surface area (Å²) in [6.07, 6.45) is 7.04. The molecule has 2 aliphatic heterocycles. The van der Waals surface area contributed by atoms with Crippen LogP contribution in [0.3, 0.4) is 0 Å². The summed E-state index contributed by atoms with van der Waals surface area (Å²) in [6.45, 7) is 6.29. The molecule has 0 aromatic heterocycles. The zero-order chi connectivity index (χ0) is 25.1. The van der Waals surface area contributed by atoms with Gasteiger partial charge in [0, 0.05) is 26.2 Å². The standard InChI is InChI=1S/C27H38N2O4S2/c1-22-6-10-26(11-7-22)34(30,31)28-18-14-24(15-19-28)4-3-5-25-16-20-29(21-17-25)35(32,33)27-12-8-23(2)9-13-27/h6-13,24-25H,3-5,14-21H2,1-2H3. The van der Waals surface area contributed by atoms with Gasteiger partial charge < -0.3 is 0 Å². The molecule has 0 bridgehead atoms. The summed E-state index contributed by atoms with van der Waals surface area (Å²) in [7, 11) is -6.80. The van der Waals surface area contributed by atoms with Crippen LogP contribution in [0.25, 0.3) is 0 Å². The first kappa shape index (κ1) is 26.3. The third-order valence-corrected chi connectivity index (χ3v) is 11.5. The molecule has 0 aliphatic carbocycles. The minimum atomic E-state index is -3.40. The number of benzene rings is 2. The molecule has 192 valence electrons. The Morgan fingerprint density at radius 3 is 1.23 bits per heavy atom. The second-order valence-corrected chi connectivity index (χ2v) is 14.1. The molecular formula is C27H38N2O4S2. The largest absolute Gasteiger partial charge is 0.243 e. The lowest BCUT2D eigenvalue weighted by molar-refractivity contribution is 0.234. The van der Waals surface area contributed by atoms with Crippen molar-refractivity contribution in [2.75, 3.05) is 26.2 Å². The van der Waals surface area contributed by atoms with E-state index in [-0.39, 0.29) is 0 Å². The molecule has 2 aromatic rings. The number of hydrogen-bond donors (Lipinski definition) is 0. The third kappa shape index (κ3) is 6.34. The number of sulfonamides is 2. The van der Waals surface area contributed by atoms with Crippen LogP contribution in [0.15, 0.2) is 58.3 Å². The lowest BCUT2D eigenvalue weighted by atomic mass is 9.87. The van der Waals surface area contributed by atoms with Crippen LogP contribution in [-0.2, 0) is 20.0 Å². The molecule has 0 amide bonds. The smallest absolute Gasteiger partial charge is 0.207 e. The molecule has 2 saturated heterocycles. The van der Waals surface area contributed by atoms with Crippen LogP contribution in [0.2, 0.25) is 0 Å². The van der Waals surface area contributed by atoms with Gasteiger partial charge in [0.15, 0.2) is 0 Å². The first-order valence-electron chi connectivity index (χ1n) is 12.8. The first-order chi connectivity index (χ1) is 16.7. The zero-order valence-corrected chi connectivity index (χ0v) is 22.5. The molecule has 0 atom stereocenters. The van der Waals surface area contributed by atoms with E-state index in [1.54, 1.807) is 32.9 Å². The van der Waals surface area contributed by atoms with E-state index in [1.165, 1.54) is 0 Å². The molecule has 6 nitrogen and oxygen atoms in total. The molecule has 2 fully saturated rings. The highest BCUT2D eigenvalue weighted by molar-refractivity contribution is 7.89. The lowest BCUT2D eigenvalue weighted by Gasteiger charge is -2.33. The van der Waals surface area contributed by atoms with E-state index in [4.69, 9.17) is 0 Å². The maximum atomic E-state index is 12.9. The average Bonchev–Trinajstić information content (AvgIpc) is 2.85. The Bertz CT molecular complexity index is 1080. The maximum Gasteiger partial charge on any atom is 0.243 e. The van der Waals surface area contributed by atoms with E-state index < -0.39 is 20.0 Å². The summed E-state index contributed by atoms with van der Waals surface area (Å²) in [6, 6.07) is 14.2. The Labute approximate surface area is 211 Å². The number of piperidine rings is 2. The molecule has 4 rings (SSSR count). The summed E-state index contributed by atoms with van der Waals surface area (Å²) >= 11 is 0. The predicted molar refractivity (Wildman–Crippen MR) is 139 cm³/mol. The fourth-order valence-electron chi connectivity index (χ4n) is 5.29. The van der Waals surface area contributed by atoms with E-state index in [0.29, 0.717) is 47.8 Å². The van der Waals surface area contributed by atoms with E-state index in [0.717, 1.165) is 56.1 Å². The van der Waals surface area contributed by atoms with Crippen molar-refractivity contribution in [2.24, 2.45) is 11.8 Å². The van der Waals surface area contributed by atoms with Gasteiger partial charge in [0.05, 0.1) is 9.79 Å². The Kier molecular flexibility index (Phi) is 8.36. The number of rotatable bonds is 8. The normalized spacial score (nSPS) is 19.7. The molecule has 0 saturated carbocycles. The highest BCUT2D eigenvalue weighted by Gasteiger charge is 2.31. The van der Waals surface area contributed by atoms with Crippen LogP contribution < -0.4 is 0 Å². The van der Waals surface area contributed by atoms with Gasteiger partial charge in [0.25, 0.3) is 0 Å². The number of nitrogens with zero attached hydrogens (tertiary/aromatic N) is 2. The third-order valence-electron chi connectivity index (χ3n) is 7.69. The van der Waals surface area contributed by atoms with Crippen molar-refractivity contribution >= 4 is 20.0 Å². The van der Waals surface area contributed by atoms with E-state index in [9.17, 15) is 16.8 Å². The van der Waals surface area contributed by atoms with Crippen LogP contribution >= 0.6 is 0 Å². The van der Waals surface area contributed by atoms with Crippen molar-refractivity contribution < 1.29 is 16.8 Å². The number of aryl methyl sites for hydroxylation is 2. The minimum Gasteiger partial charge on any atom is -0.207 e. The first-order valence-corrected chi connectivity index (χ1v) is 15.7. The summed E-state index contributed by atoms with van der Waals surface area (Å²) in [4.78, 5) is 0.773. The van der Waals surface area contributed by atoms with Gasteiger partial charge in [-0.05, 0) is 75.6 Å². The van der Waals surface area contributed by atoms with Gasteiger partial charge in [-0.1, -0.05) is 54.7 Å². The molecule has 8 heteroatoms. The van der Waals surface area contributed by atoms with Crippen LogP contribution in [-0.4, -0.2) is 51.6 Å². The minimum absolute atomic E-state index is 0.386. The van der Waals surface area contributed by atoms with E-state index in [2.05, 4.69) is 0 Å². The van der Waals surface area contributed by atoms with E-state index in [1.807, 2.05) is 38.1 Å². The molecule has 0 unspecified atom stereocenters. The fourth-order valence-corrected chi connectivity index (χ4v) is 8.23. The van der Waals surface area contributed by atoms with Gasteiger partial charge in [-0.2, -0.15) is 8.61 Å². The molecule has 2 heterocycles. The van der Waals surface area contributed by atoms with Gasteiger partial charge in [0.2, 0.25) is 20.0 Å². The second kappa shape index (κ2) is 11.1. The summed E-state index contributed by atoms with van der Waals surface area (Å²) < 4.78 is 54.9. The molecule has 0 spiro atoms. The summed E-state index contributed by atoms with van der Waals surface area (Å²) in [5.74, 6) is 1.14. The van der Waals surface area contributed by atoms with Gasteiger partial charge in [-0.15, -0.1) is 0 Å². The molecule has 0 radical (unpaired) electrons. The highest BCUT2D eigenvalue weighted by Crippen LogP contribution is 2.30. The van der Waals surface area contributed by atoms with Crippen LogP contribution in [0.1, 0.15) is 56.1 Å². The average molecular weight is 519 g/mol. The van der Waals surface area contributed by atoms with Gasteiger partial charge >= 0.3 is 0 Å². The topological polar surface area (TPSA) is 74.8 Å². The Balaban J connectivity index is 1.18.